The lowest BCUT2D eigenvalue weighted by Gasteiger charge is -2.18. The van der Waals surface area contributed by atoms with Gasteiger partial charge in [0, 0.05) is 25.3 Å². The summed E-state index contributed by atoms with van der Waals surface area (Å²) in [6, 6.07) is 13.9. The van der Waals surface area contributed by atoms with Gasteiger partial charge in [-0.05, 0) is 59.7 Å². The van der Waals surface area contributed by atoms with Crippen molar-refractivity contribution in [3.63, 3.8) is 0 Å². The minimum absolute atomic E-state index is 0.107. The summed E-state index contributed by atoms with van der Waals surface area (Å²) in [6.07, 6.45) is 2.70. The molecule has 1 atom stereocenters. The topological polar surface area (TPSA) is 54.3 Å². The van der Waals surface area contributed by atoms with Gasteiger partial charge in [0.05, 0.1) is 11.5 Å². The molecule has 0 saturated heterocycles. The molecule has 1 aliphatic rings. The van der Waals surface area contributed by atoms with Gasteiger partial charge in [-0.15, -0.1) is 0 Å². The van der Waals surface area contributed by atoms with E-state index in [1.54, 1.807) is 12.1 Å². The first-order valence-electron chi connectivity index (χ1n) is 8.77. The Balaban J connectivity index is 1.44. The van der Waals surface area contributed by atoms with Gasteiger partial charge < -0.3 is 15.0 Å². The van der Waals surface area contributed by atoms with E-state index in [1.807, 2.05) is 42.1 Å². The zero-order valence-corrected chi connectivity index (χ0v) is 14.6. The third-order valence-corrected chi connectivity index (χ3v) is 5.33. The number of aliphatic hydroxyl groups excluding tert-OH is 1. The number of hydrogen-bond donors (Lipinski definition) is 2. The molecule has 4 rings (SSSR count). The van der Waals surface area contributed by atoms with Crippen LogP contribution in [0, 0.1) is 5.82 Å². The van der Waals surface area contributed by atoms with Crippen molar-refractivity contribution >= 4 is 16.8 Å². The smallest absolute Gasteiger partial charge is 0.230 e. The second-order valence-corrected chi connectivity index (χ2v) is 7.06. The fourth-order valence-corrected chi connectivity index (χ4v) is 3.52. The number of aryl methyl sites for hydroxylation is 1. The Labute approximate surface area is 151 Å². The minimum Gasteiger partial charge on any atom is -0.387 e. The minimum atomic E-state index is -0.771. The molecule has 26 heavy (non-hydrogen) atoms. The number of nitrogens with zero attached hydrogens (tertiary/aromatic N) is 1. The highest BCUT2D eigenvalue weighted by atomic mass is 19.1. The lowest BCUT2D eigenvalue weighted by molar-refractivity contribution is -0.124. The van der Waals surface area contributed by atoms with E-state index in [4.69, 9.17) is 0 Å². The molecule has 1 aromatic heterocycles. The number of halogens is 1. The maximum atomic E-state index is 13.1. The summed E-state index contributed by atoms with van der Waals surface area (Å²) >= 11 is 0. The SMILES string of the molecule is Cn1ccc2cc(C(O)CNC(=O)C3(c4ccc(F)cc4)CC3)ccc21. The van der Waals surface area contributed by atoms with Crippen LogP contribution < -0.4 is 5.32 Å². The van der Waals surface area contributed by atoms with Crippen molar-refractivity contribution in [2.45, 2.75) is 24.4 Å². The van der Waals surface area contributed by atoms with E-state index in [2.05, 4.69) is 5.32 Å². The van der Waals surface area contributed by atoms with E-state index in [9.17, 15) is 14.3 Å². The second-order valence-electron chi connectivity index (χ2n) is 7.06. The number of carbonyl (C=O) groups excluding carboxylic acids is 1. The van der Waals surface area contributed by atoms with Gasteiger partial charge in [0.25, 0.3) is 0 Å². The maximum absolute atomic E-state index is 13.1. The van der Waals surface area contributed by atoms with Crippen LogP contribution in [0.15, 0.2) is 54.7 Å². The average molecular weight is 352 g/mol. The molecule has 1 saturated carbocycles. The van der Waals surface area contributed by atoms with Crippen LogP contribution in [0.1, 0.15) is 30.1 Å². The fourth-order valence-electron chi connectivity index (χ4n) is 3.52. The molecular formula is C21H21FN2O2. The Morgan fingerprint density at radius 1 is 1.23 bits per heavy atom. The number of aromatic nitrogens is 1. The summed E-state index contributed by atoms with van der Waals surface area (Å²) < 4.78 is 15.1. The van der Waals surface area contributed by atoms with Gasteiger partial charge in [0.2, 0.25) is 5.91 Å². The van der Waals surface area contributed by atoms with Crippen molar-refractivity contribution in [1.29, 1.82) is 0 Å². The molecule has 4 nitrogen and oxygen atoms in total. The predicted octanol–water partition coefficient (Wildman–Crippen LogP) is 3.20. The van der Waals surface area contributed by atoms with E-state index < -0.39 is 11.5 Å². The third-order valence-electron chi connectivity index (χ3n) is 5.33. The first-order valence-corrected chi connectivity index (χ1v) is 8.77. The number of aliphatic hydroxyl groups is 1. The van der Waals surface area contributed by atoms with Crippen molar-refractivity contribution in [1.82, 2.24) is 9.88 Å². The predicted molar refractivity (Wildman–Crippen MR) is 98.2 cm³/mol. The van der Waals surface area contributed by atoms with Crippen molar-refractivity contribution in [3.05, 3.63) is 71.7 Å². The maximum Gasteiger partial charge on any atom is 0.230 e. The van der Waals surface area contributed by atoms with Crippen LogP contribution in [0.4, 0.5) is 4.39 Å². The first kappa shape index (κ1) is 16.8. The number of hydrogen-bond acceptors (Lipinski definition) is 2. The summed E-state index contributed by atoms with van der Waals surface area (Å²) in [7, 11) is 1.98. The largest absolute Gasteiger partial charge is 0.387 e. The molecule has 3 aromatic rings. The lowest BCUT2D eigenvalue weighted by Crippen LogP contribution is -2.37. The second kappa shape index (κ2) is 6.25. The Hall–Kier alpha value is -2.66. The molecule has 0 spiro atoms. The van der Waals surface area contributed by atoms with Crippen molar-refractivity contribution in [2.24, 2.45) is 7.05 Å². The highest BCUT2D eigenvalue weighted by Crippen LogP contribution is 2.48. The van der Waals surface area contributed by atoms with Crippen LogP contribution in [0.2, 0.25) is 0 Å². The lowest BCUT2D eigenvalue weighted by atomic mass is 9.95. The number of amides is 1. The van der Waals surface area contributed by atoms with E-state index in [-0.39, 0.29) is 18.3 Å². The third kappa shape index (κ3) is 2.88. The fraction of sp³-hybridized carbons (Fsp3) is 0.286. The molecule has 1 unspecified atom stereocenters. The van der Waals surface area contributed by atoms with Gasteiger partial charge in [-0.1, -0.05) is 18.2 Å². The zero-order valence-electron chi connectivity index (χ0n) is 14.6. The quantitative estimate of drug-likeness (QED) is 0.741. The van der Waals surface area contributed by atoms with Gasteiger partial charge in [-0.25, -0.2) is 4.39 Å². The molecule has 1 fully saturated rings. The molecule has 1 heterocycles. The van der Waals surface area contributed by atoms with Crippen LogP contribution in [-0.2, 0) is 17.3 Å². The molecule has 1 amide bonds. The van der Waals surface area contributed by atoms with Gasteiger partial charge in [-0.3, -0.25) is 4.79 Å². The summed E-state index contributed by atoms with van der Waals surface area (Å²) in [5.41, 5.74) is 2.13. The van der Waals surface area contributed by atoms with Crippen LogP contribution in [0.5, 0.6) is 0 Å². The van der Waals surface area contributed by atoms with Gasteiger partial charge >= 0.3 is 0 Å². The molecule has 0 aliphatic heterocycles. The number of benzene rings is 2. The molecule has 0 bridgehead atoms. The highest BCUT2D eigenvalue weighted by Gasteiger charge is 2.51. The van der Waals surface area contributed by atoms with E-state index in [0.717, 1.165) is 34.9 Å². The zero-order chi connectivity index (χ0) is 18.3. The van der Waals surface area contributed by atoms with E-state index in [1.165, 1.54) is 12.1 Å². The van der Waals surface area contributed by atoms with Gasteiger partial charge in [0.15, 0.2) is 0 Å². The molecule has 5 heteroatoms. The van der Waals surface area contributed by atoms with E-state index >= 15 is 0 Å². The summed E-state index contributed by atoms with van der Waals surface area (Å²) in [5.74, 6) is -0.416. The van der Waals surface area contributed by atoms with Crippen LogP contribution in [0.3, 0.4) is 0 Å². The molecular weight excluding hydrogens is 331 g/mol. The van der Waals surface area contributed by atoms with Gasteiger partial charge in [0.1, 0.15) is 5.82 Å². The van der Waals surface area contributed by atoms with Crippen LogP contribution in [0.25, 0.3) is 10.9 Å². The van der Waals surface area contributed by atoms with Crippen LogP contribution in [-0.4, -0.2) is 22.1 Å². The summed E-state index contributed by atoms with van der Waals surface area (Å²) in [4.78, 5) is 12.6. The molecule has 0 radical (unpaired) electrons. The Morgan fingerprint density at radius 3 is 2.65 bits per heavy atom. The Morgan fingerprint density at radius 2 is 1.96 bits per heavy atom. The number of rotatable bonds is 5. The number of carbonyl (C=O) groups is 1. The normalized spacial score (nSPS) is 16.4. The Kier molecular flexibility index (Phi) is 4.04. The van der Waals surface area contributed by atoms with Crippen molar-refractivity contribution in [2.75, 3.05) is 6.54 Å². The standard InChI is InChI=1S/C21H21FN2O2/c1-24-11-8-14-12-15(2-7-18(14)24)19(25)13-23-20(26)21(9-10-21)16-3-5-17(22)6-4-16/h2-8,11-12,19,25H,9-10,13H2,1H3,(H,23,26). The van der Waals surface area contributed by atoms with Crippen LogP contribution >= 0.6 is 0 Å². The van der Waals surface area contributed by atoms with Crippen molar-refractivity contribution in [3.8, 4) is 0 Å². The first-order chi connectivity index (χ1) is 12.5. The highest BCUT2D eigenvalue weighted by molar-refractivity contribution is 5.91. The monoisotopic (exact) mass is 352 g/mol. The van der Waals surface area contributed by atoms with E-state index in [0.29, 0.717) is 0 Å². The number of nitrogens with one attached hydrogen (secondary N) is 1. The molecule has 134 valence electrons. The number of fused-ring (bicyclic) bond motifs is 1. The molecule has 1 aliphatic carbocycles. The average Bonchev–Trinajstić information content (AvgIpc) is 3.38. The van der Waals surface area contributed by atoms with Crippen molar-refractivity contribution < 1.29 is 14.3 Å². The molecule has 2 aromatic carbocycles. The Bertz CT molecular complexity index is 958. The summed E-state index contributed by atoms with van der Waals surface area (Å²) in [6.45, 7) is 0.153. The van der Waals surface area contributed by atoms with Gasteiger partial charge in [-0.2, -0.15) is 0 Å². The summed E-state index contributed by atoms with van der Waals surface area (Å²) in [5, 5.41) is 14.4. The molecule has 2 N–H and O–H groups in total.